The smallest absolute Gasteiger partial charge is 0.0412 e. The number of nitrogens with one attached hydrogen (secondary N) is 1. The molecule has 20 heavy (non-hydrogen) atoms. The van der Waals surface area contributed by atoms with Crippen molar-refractivity contribution in [2.75, 3.05) is 18.0 Å². The fraction of sp³-hybridized carbons (Fsp3) is 0.667. The first-order valence-corrected chi connectivity index (χ1v) is 7.93. The molecule has 0 bridgehead atoms. The molecule has 0 amide bonds. The zero-order valence-electron chi connectivity index (χ0n) is 13.7. The van der Waals surface area contributed by atoms with Crippen LogP contribution in [-0.2, 0) is 6.54 Å². The molecule has 0 saturated carbocycles. The molecule has 1 heterocycles. The summed E-state index contributed by atoms with van der Waals surface area (Å²) in [7, 11) is 0. The minimum Gasteiger partial charge on any atom is -0.371 e. The summed E-state index contributed by atoms with van der Waals surface area (Å²) in [6.45, 7) is 14.7. The standard InChI is InChI=1S/C18H30N2/c1-14-10-15(2)13-20(12-14)17-9-7-6-8-16(17)11-19-18(3,4)5/h6-9,14-15,19H,10-13H2,1-5H3. The Morgan fingerprint density at radius 1 is 1.10 bits per heavy atom. The number of hydrogen-bond donors (Lipinski definition) is 1. The van der Waals surface area contributed by atoms with E-state index in [1.165, 1.54) is 30.8 Å². The summed E-state index contributed by atoms with van der Waals surface area (Å²) in [4.78, 5) is 2.58. The van der Waals surface area contributed by atoms with E-state index in [1.807, 2.05) is 0 Å². The second-order valence-electron chi connectivity index (χ2n) is 7.58. The highest BCUT2D eigenvalue weighted by Gasteiger charge is 2.23. The van der Waals surface area contributed by atoms with Gasteiger partial charge in [-0.3, -0.25) is 0 Å². The Morgan fingerprint density at radius 2 is 1.70 bits per heavy atom. The summed E-state index contributed by atoms with van der Waals surface area (Å²) < 4.78 is 0. The Morgan fingerprint density at radius 3 is 2.30 bits per heavy atom. The monoisotopic (exact) mass is 274 g/mol. The first-order chi connectivity index (χ1) is 9.35. The fourth-order valence-electron chi connectivity index (χ4n) is 3.19. The van der Waals surface area contributed by atoms with Gasteiger partial charge >= 0.3 is 0 Å². The zero-order valence-corrected chi connectivity index (χ0v) is 13.7. The quantitative estimate of drug-likeness (QED) is 0.894. The van der Waals surface area contributed by atoms with Crippen LogP contribution in [0.15, 0.2) is 24.3 Å². The van der Waals surface area contributed by atoms with Crippen molar-refractivity contribution in [3.05, 3.63) is 29.8 Å². The van der Waals surface area contributed by atoms with Gasteiger partial charge in [-0.05, 0) is 50.7 Å². The van der Waals surface area contributed by atoms with Gasteiger partial charge in [0.1, 0.15) is 0 Å². The van der Waals surface area contributed by atoms with Crippen LogP contribution in [0.3, 0.4) is 0 Å². The highest BCUT2D eigenvalue weighted by Crippen LogP contribution is 2.28. The second-order valence-corrected chi connectivity index (χ2v) is 7.58. The minimum absolute atomic E-state index is 0.162. The molecule has 2 unspecified atom stereocenters. The molecule has 0 aromatic heterocycles. The number of hydrogen-bond acceptors (Lipinski definition) is 2. The highest BCUT2D eigenvalue weighted by atomic mass is 15.1. The number of rotatable bonds is 3. The van der Waals surface area contributed by atoms with Crippen LogP contribution in [0.5, 0.6) is 0 Å². The van der Waals surface area contributed by atoms with Crippen LogP contribution in [0.4, 0.5) is 5.69 Å². The third-order valence-corrected chi connectivity index (χ3v) is 4.01. The SMILES string of the molecule is CC1CC(C)CN(c2ccccc2CNC(C)(C)C)C1. The molecule has 1 N–H and O–H groups in total. The molecule has 1 saturated heterocycles. The van der Waals surface area contributed by atoms with Gasteiger partial charge in [0.15, 0.2) is 0 Å². The van der Waals surface area contributed by atoms with Gasteiger partial charge < -0.3 is 10.2 Å². The maximum absolute atomic E-state index is 3.61. The molecular weight excluding hydrogens is 244 g/mol. The molecule has 112 valence electrons. The molecule has 1 aromatic carbocycles. The van der Waals surface area contributed by atoms with Gasteiger partial charge in [0.05, 0.1) is 0 Å². The average molecular weight is 274 g/mol. The minimum atomic E-state index is 0.162. The lowest BCUT2D eigenvalue weighted by molar-refractivity contribution is 0.355. The summed E-state index contributed by atoms with van der Waals surface area (Å²) in [5, 5.41) is 3.61. The molecule has 2 atom stereocenters. The summed E-state index contributed by atoms with van der Waals surface area (Å²) in [5.41, 5.74) is 3.00. The molecule has 1 fully saturated rings. The van der Waals surface area contributed by atoms with Gasteiger partial charge in [-0.15, -0.1) is 0 Å². The van der Waals surface area contributed by atoms with Gasteiger partial charge in [0, 0.05) is 30.9 Å². The van der Waals surface area contributed by atoms with Crippen LogP contribution in [0, 0.1) is 11.8 Å². The lowest BCUT2D eigenvalue weighted by Gasteiger charge is -2.38. The summed E-state index contributed by atoms with van der Waals surface area (Å²) in [6, 6.07) is 8.86. The Balaban J connectivity index is 2.14. The van der Waals surface area contributed by atoms with E-state index >= 15 is 0 Å². The third-order valence-electron chi connectivity index (χ3n) is 4.01. The van der Waals surface area contributed by atoms with Crippen LogP contribution in [0.1, 0.15) is 46.6 Å². The van der Waals surface area contributed by atoms with Crippen molar-refractivity contribution >= 4 is 5.69 Å². The predicted molar refractivity (Wildman–Crippen MR) is 88.2 cm³/mol. The Labute approximate surface area is 124 Å². The van der Waals surface area contributed by atoms with Crippen LogP contribution >= 0.6 is 0 Å². The first-order valence-electron chi connectivity index (χ1n) is 7.93. The van der Waals surface area contributed by atoms with Crippen molar-refractivity contribution in [3.8, 4) is 0 Å². The van der Waals surface area contributed by atoms with Gasteiger partial charge in [-0.2, -0.15) is 0 Å². The van der Waals surface area contributed by atoms with Crippen molar-refractivity contribution < 1.29 is 0 Å². The first kappa shape index (κ1) is 15.4. The van der Waals surface area contributed by atoms with E-state index in [4.69, 9.17) is 0 Å². The zero-order chi connectivity index (χ0) is 14.8. The van der Waals surface area contributed by atoms with Gasteiger partial charge in [-0.25, -0.2) is 0 Å². The number of benzene rings is 1. The van der Waals surface area contributed by atoms with Crippen LogP contribution in [-0.4, -0.2) is 18.6 Å². The van der Waals surface area contributed by atoms with Crippen molar-refractivity contribution in [3.63, 3.8) is 0 Å². The fourth-order valence-corrected chi connectivity index (χ4v) is 3.19. The maximum Gasteiger partial charge on any atom is 0.0412 e. The van der Waals surface area contributed by atoms with Crippen molar-refractivity contribution in [1.29, 1.82) is 0 Å². The molecule has 0 spiro atoms. The van der Waals surface area contributed by atoms with E-state index in [0.29, 0.717) is 0 Å². The third kappa shape index (κ3) is 4.24. The van der Waals surface area contributed by atoms with E-state index in [-0.39, 0.29) is 5.54 Å². The largest absolute Gasteiger partial charge is 0.371 e. The van der Waals surface area contributed by atoms with Crippen LogP contribution in [0.25, 0.3) is 0 Å². The Kier molecular flexibility index (Phi) is 4.74. The normalized spacial score (nSPS) is 23.9. The maximum atomic E-state index is 3.61. The summed E-state index contributed by atoms with van der Waals surface area (Å²) in [6.07, 6.45) is 1.36. The molecule has 2 heteroatoms. The number of piperidine rings is 1. The molecule has 1 aliphatic rings. The average Bonchev–Trinajstić information content (AvgIpc) is 2.34. The lowest BCUT2D eigenvalue weighted by atomic mass is 9.91. The summed E-state index contributed by atoms with van der Waals surface area (Å²) in [5.74, 6) is 1.59. The molecule has 0 radical (unpaired) electrons. The molecule has 2 rings (SSSR count). The van der Waals surface area contributed by atoms with Crippen molar-refractivity contribution in [2.45, 2.75) is 53.1 Å². The second kappa shape index (κ2) is 6.17. The number of para-hydroxylation sites is 1. The number of nitrogens with zero attached hydrogens (tertiary/aromatic N) is 1. The molecule has 0 aliphatic carbocycles. The molecule has 1 aromatic rings. The van der Waals surface area contributed by atoms with Crippen molar-refractivity contribution in [1.82, 2.24) is 5.32 Å². The van der Waals surface area contributed by atoms with E-state index in [2.05, 4.69) is 69.1 Å². The van der Waals surface area contributed by atoms with E-state index in [9.17, 15) is 0 Å². The molecule has 1 aliphatic heterocycles. The van der Waals surface area contributed by atoms with Crippen LogP contribution in [0.2, 0.25) is 0 Å². The molecular formula is C18H30N2. The lowest BCUT2D eigenvalue weighted by Crippen LogP contribution is -2.40. The van der Waals surface area contributed by atoms with Gasteiger partial charge in [0.2, 0.25) is 0 Å². The Hall–Kier alpha value is -1.02. The number of anilines is 1. The van der Waals surface area contributed by atoms with E-state index in [1.54, 1.807) is 0 Å². The Bertz CT molecular complexity index is 423. The predicted octanol–water partition coefficient (Wildman–Crippen LogP) is 4.06. The topological polar surface area (TPSA) is 15.3 Å². The van der Waals surface area contributed by atoms with Crippen molar-refractivity contribution in [2.24, 2.45) is 11.8 Å². The molecule has 2 nitrogen and oxygen atoms in total. The van der Waals surface area contributed by atoms with E-state index in [0.717, 1.165) is 18.4 Å². The highest BCUT2D eigenvalue weighted by molar-refractivity contribution is 5.54. The van der Waals surface area contributed by atoms with Crippen LogP contribution < -0.4 is 10.2 Å². The summed E-state index contributed by atoms with van der Waals surface area (Å²) >= 11 is 0. The van der Waals surface area contributed by atoms with Gasteiger partial charge in [-0.1, -0.05) is 32.0 Å². The van der Waals surface area contributed by atoms with E-state index < -0.39 is 0 Å². The van der Waals surface area contributed by atoms with Gasteiger partial charge in [0.25, 0.3) is 0 Å².